The predicted molar refractivity (Wildman–Crippen MR) is 91.3 cm³/mol. The first kappa shape index (κ1) is 16.7. The minimum Gasteiger partial charge on any atom is -0.494 e. The summed E-state index contributed by atoms with van der Waals surface area (Å²) in [5.74, 6) is 0.463. The molecule has 1 N–H and O–H groups in total. The van der Waals surface area contributed by atoms with Gasteiger partial charge in [0, 0.05) is 27.4 Å². The Bertz CT molecular complexity index is 639. The molecule has 0 aliphatic heterocycles. The largest absolute Gasteiger partial charge is 0.494 e. The van der Waals surface area contributed by atoms with E-state index in [9.17, 15) is 4.79 Å². The van der Waals surface area contributed by atoms with Gasteiger partial charge in [0.2, 0.25) is 0 Å². The number of hydrogen-bond acceptors (Lipinski definition) is 2. The Morgan fingerprint density at radius 3 is 2.55 bits per heavy atom. The lowest BCUT2D eigenvalue weighted by atomic mass is 10.2. The molecule has 116 valence electrons. The molecule has 0 fully saturated rings. The van der Waals surface area contributed by atoms with Gasteiger partial charge in [0.15, 0.2) is 0 Å². The smallest absolute Gasteiger partial charge is 0.255 e. The summed E-state index contributed by atoms with van der Waals surface area (Å²) in [6.45, 7) is 2.77. The highest BCUT2D eigenvalue weighted by atomic mass is 35.5. The van der Waals surface area contributed by atoms with Gasteiger partial charge in [-0.05, 0) is 36.8 Å². The van der Waals surface area contributed by atoms with E-state index in [1.807, 2.05) is 12.1 Å². The number of rotatable bonds is 6. The van der Waals surface area contributed by atoms with E-state index in [0.717, 1.165) is 18.6 Å². The second kappa shape index (κ2) is 8.06. The average Bonchev–Trinajstić information content (AvgIpc) is 2.47. The van der Waals surface area contributed by atoms with Gasteiger partial charge in [-0.1, -0.05) is 42.6 Å². The average molecular weight is 338 g/mol. The molecule has 0 heterocycles. The van der Waals surface area contributed by atoms with Gasteiger partial charge in [0.05, 0.1) is 6.61 Å². The normalized spacial score (nSPS) is 10.3. The van der Waals surface area contributed by atoms with Crippen molar-refractivity contribution in [1.82, 2.24) is 0 Å². The van der Waals surface area contributed by atoms with E-state index >= 15 is 0 Å². The molecule has 0 radical (unpaired) electrons. The molecule has 0 atom stereocenters. The summed E-state index contributed by atoms with van der Waals surface area (Å²) in [5.41, 5.74) is 1.07. The van der Waals surface area contributed by atoms with Crippen molar-refractivity contribution in [3.63, 3.8) is 0 Å². The molecule has 5 heteroatoms. The lowest BCUT2D eigenvalue weighted by Gasteiger charge is -2.09. The summed E-state index contributed by atoms with van der Waals surface area (Å²) in [4.78, 5) is 12.2. The monoisotopic (exact) mass is 337 g/mol. The fraction of sp³-hybridized carbons (Fsp3) is 0.235. The Labute approximate surface area is 140 Å². The minimum absolute atomic E-state index is 0.268. The van der Waals surface area contributed by atoms with Gasteiger partial charge in [-0.2, -0.15) is 0 Å². The summed E-state index contributed by atoms with van der Waals surface area (Å²) in [6, 6.07) is 12.0. The molecule has 0 aromatic heterocycles. The summed E-state index contributed by atoms with van der Waals surface area (Å²) in [6.07, 6.45) is 2.07. The van der Waals surface area contributed by atoms with E-state index in [2.05, 4.69) is 12.2 Å². The Morgan fingerprint density at radius 2 is 1.86 bits per heavy atom. The number of nitrogens with one attached hydrogen (secondary N) is 1. The highest BCUT2D eigenvalue weighted by molar-refractivity contribution is 6.35. The van der Waals surface area contributed by atoms with E-state index in [1.165, 1.54) is 0 Å². The van der Waals surface area contributed by atoms with E-state index in [-0.39, 0.29) is 5.91 Å². The van der Waals surface area contributed by atoms with Gasteiger partial charge < -0.3 is 10.1 Å². The summed E-state index contributed by atoms with van der Waals surface area (Å²) < 4.78 is 5.62. The Hall–Kier alpha value is -1.71. The van der Waals surface area contributed by atoms with Crippen LogP contribution >= 0.6 is 23.2 Å². The number of carbonyl (C=O) groups excluding carboxylic acids is 1. The summed E-state index contributed by atoms with van der Waals surface area (Å²) >= 11 is 11.8. The molecule has 2 aromatic rings. The fourth-order valence-electron chi connectivity index (χ4n) is 1.89. The van der Waals surface area contributed by atoms with E-state index in [0.29, 0.717) is 27.9 Å². The third kappa shape index (κ3) is 4.93. The molecule has 2 aromatic carbocycles. The molecule has 0 unspecified atom stereocenters. The molecule has 2 rings (SSSR count). The van der Waals surface area contributed by atoms with Crippen LogP contribution in [0.5, 0.6) is 5.75 Å². The van der Waals surface area contributed by atoms with Crippen molar-refractivity contribution < 1.29 is 9.53 Å². The minimum atomic E-state index is -0.268. The van der Waals surface area contributed by atoms with Crippen LogP contribution in [0.3, 0.4) is 0 Å². The third-order valence-electron chi connectivity index (χ3n) is 2.98. The van der Waals surface area contributed by atoms with Crippen LogP contribution in [-0.4, -0.2) is 12.5 Å². The zero-order valence-electron chi connectivity index (χ0n) is 12.2. The maximum atomic E-state index is 12.2. The van der Waals surface area contributed by atoms with Crippen molar-refractivity contribution in [3.8, 4) is 5.75 Å². The number of ether oxygens (including phenoxy) is 1. The van der Waals surface area contributed by atoms with Crippen LogP contribution in [-0.2, 0) is 0 Å². The Kier molecular flexibility index (Phi) is 6.10. The molecule has 0 saturated heterocycles. The van der Waals surface area contributed by atoms with E-state index in [4.69, 9.17) is 27.9 Å². The van der Waals surface area contributed by atoms with Crippen molar-refractivity contribution in [2.24, 2.45) is 0 Å². The summed E-state index contributed by atoms with van der Waals surface area (Å²) in [5, 5.41) is 3.66. The maximum Gasteiger partial charge on any atom is 0.255 e. The van der Waals surface area contributed by atoms with Crippen LogP contribution in [0.15, 0.2) is 42.5 Å². The molecule has 0 aliphatic rings. The zero-order valence-corrected chi connectivity index (χ0v) is 13.7. The van der Waals surface area contributed by atoms with Gasteiger partial charge >= 0.3 is 0 Å². The van der Waals surface area contributed by atoms with Crippen molar-refractivity contribution in [1.29, 1.82) is 0 Å². The molecule has 22 heavy (non-hydrogen) atoms. The van der Waals surface area contributed by atoms with E-state index < -0.39 is 0 Å². The molecule has 0 saturated carbocycles. The number of benzene rings is 2. The maximum absolute atomic E-state index is 12.2. The third-order valence-corrected chi connectivity index (χ3v) is 3.42. The highest BCUT2D eigenvalue weighted by Crippen LogP contribution is 2.22. The van der Waals surface area contributed by atoms with E-state index in [1.54, 1.807) is 30.3 Å². The van der Waals surface area contributed by atoms with Crippen molar-refractivity contribution in [3.05, 3.63) is 58.1 Å². The standard InChI is InChI=1S/C17H17Cl2NO2/c1-2-3-7-22-16-6-4-5-15(11-16)20-17(21)12-8-13(18)10-14(19)9-12/h4-6,8-11H,2-3,7H2,1H3,(H,20,21). The van der Waals surface area contributed by atoms with Gasteiger partial charge in [-0.25, -0.2) is 0 Å². The first-order valence-electron chi connectivity index (χ1n) is 7.09. The quantitative estimate of drug-likeness (QED) is 0.714. The number of carbonyl (C=O) groups is 1. The fourth-order valence-corrected chi connectivity index (χ4v) is 2.41. The first-order chi connectivity index (χ1) is 10.6. The number of halogens is 2. The second-order valence-corrected chi connectivity index (χ2v) is 5.71. The molecular formula is C17H17Cl2NO2. The molecule has 3 nitrogen and oxygen atoms in total. The number of anilines is 1. The molecule has 0 spiro atoms. The van der Waals surface area contributed by atoms with Crippen molar-refractivity contribution in [2.75, 3.05) is 11.9 Å². The SMILES string of the molecule is CCCCOc1cccc(NC(=O)c2cc(Cl)cc(Cl)c2)c1. The molecule has 1 amide bonds. The summed E-state index contributed by atoms with van der Waals surface area (Å²) in [7, 11) is 0. The van der Waals surface area contributed by atoms with Crippen LogP contribution in [0.2, 0.25) is 10.0 Å². The molecule has 0 bridgehead atoms. The van der Waals surface area contributed by atoms with Crippen LogP contribution in [0, 0.1) is 0 Å². The zero-order chi connectivity index (χ0) is 15.9. The van der Waals surface area contributed by atoms with Gasteiger partial charge in [-0.15, -0.1) is 0 Å². The van der Waals surface area contributed by atoms with Crippen molar-refractivity contribution >= 4 is 34.8 Å². The van der Waals surface area contributed by atoms with Crippen LogP contribution in [0.1, 0.15) is 30.1 Å². The first-order valence-corrected chi connectivity index (χ1v) is 7.84. The second-order valence-electron chi connectivity index (χ2n) is 4.84. The van der Waals surface area contributed by atoms with Crippen LogP contribution in [0.4, 0.5) is 5.69 Å². The molecule has 0 aliphatic carbocycles. The Morgan fingerprint density at radius 1 is 1.14 bits per heavy atom. The van der Waals surface area contributed by atoms with Gasteiger partial charge in [-0.3, -0.25) is 4.79 Å². The van der Waals surface area contributed by atoms with Crippen LogP contribution in [0.25, 0.3) is 0 Å². The van der Waals surface area contributed by atoms with Crippen LogP contribution < -0.4 is 10.1 Å². The lowest BCUT2D eigenvalue weighted by Crippen LogP contribution is -2.12. The predicted octanol–water partition coefficient (Wildman–Crippen LogP) is 5.42. The highest BCUT2D eigenvalue weighted by Gasteiger charge is 2.09. The molecular weight excluding hydrogens is 321 g/mol. The van der Waals surface area contributed by atoms with Crippen molar-refractivity contribution in [2.45, 2.75) is 19.8 Å². The number of hydrogen-bond donors (Lipinski definition) is 1. The van der Waals surface area contributed by atoms with Gasteiger partial charge in [0.1, 0.15) is 5.75 Å². The Balaban J connectivity index is 2.06. The number of amides is 1. The van der Waals surface area contributed by atoms with Gasteiger partial charge in [0.25, 0.3) is 5.91 Å². The number of unbranched alkanes of at least 4 members (excludes halogenated alkanes) is 1. The lowest BCUT2D eigenvalue weighted by molar-refractivity contribution is 0.102. The topological polar surface area (TPSA) is 38.3 Å².